The van der Waals surface area contributed by atoms with E-state index in [0.29, 0.717) is 17.6 Å². The molecule has 0 radical (unpaired) electrons. The summed E-state index contributed by atoms with van der Waals surface area (Å²) in [4.78, 5) is 16.4. The second kappa shape index (κ2) is 10.6. The number of nitrogens with zero attached hydrogens (tertiary/aromatic N) is 4. The molecule has 0 aliphatic heterocycles. The predicted octanol–water partition coefficient (Wildman–Crippen LogP) is 3.75. The Bertz CT molecular complexity index is 1460. The number of carbonyl (C=O) groups excluding carboxylic acids is 1. The summed E-state index contributed by atoms with van der Waals surface area (Å²) in [7, 11) is 1.26. The smallest absolute Gasteiger partial charge is 0.435 e. The van der Waals surface area contributed by atoms with Gasteiger partial charge in [-0.05, 0) is 23.3 Å². The van der Waals surface area contributed by atoms with E-state index in [1.54, 1.807) is 35.0 Å². The topological polar surface area (TPSA) is 97.8 Å². The minimum atomic E-state index is -4.87. The van der Waals surface area contributed by atoms with Gasteiger partial charge in [-0.3, -0.25) is 19.9 Å². The number of methoxy groups -OCH3 is 1. The highest BCUT2D eigenvalue weighted by atomic mass is 19.4. The summed E-state index contributed by atoms with van der Waals surface area (Å²) in [5.74, 6) is -1.98. The van der Waals surface area contributed by atoms with Gasteiger partial charge in [0.25, 0.3) is 5.91 Å². The summed E-state index contributed by atoms with van der Waals surface area (Å²) in [6.07, 6.45) is -0.822. The van der Waals surface area contributed by atoms with E-state index in [-0.39, 0.29) is 18.0 Å². The zero-order valence-electron chi connectivity index (χ0n) is 19.6. The quantitative estimate of drug-likeness (QED) is 0.350. The molecule has 8 nitrogen and oxygen atoms in total. The Balaban J connectivity index is 1.49. The minimum absolute atomic E-state index is 0.00905. The summed E-state index contributed by atoms with van der Waals surface area (Å²) in [5.41, 5.74) is -0.291. The summed E-state index contributed by atoms with van der Waals surface area (Å²) in [6, 6.07) is 13.7. The SMILES string of the molecule is COc1ccnc(CNC(=O)c2cn(Cc3ccc(Cn4ccccc4=N)cc3)nc2C(F)(F)F)c1F. The second-order valence-corrected chi connectivity index (χ2v) is 8.07. The monoisotopic (exact) mass is 514 g/mol. The highest BCUT2D eigenvalue weighted by Gasteiger charge is 2.39. The fourth-order valence-corrected chi connectivity index (χ4v) is 3.63. The molecule has 0 saturated carbocycles. The molecule has 0 aliphatic rings. The van der Waals surface area contributed by atoms with Crippen LogP contribution in [0.2, 0.25) is 0 Å². The van der Waals surface area contributed by atoms with E-state index in [2.05, 4.69) is 15.4 Å². The van der Waals surface area contributed by atoms with Crippen LogP contribution in [-0.4, -0.2) is 32.3 Å². The number of hydrogen-bond acceptors (Lipinski definition) is 5. The van der Waals surface area contributed by atoms with Gasteiger partial charge in [0, 0.05) is 31.2 Å². The lowest BCUT2D eigenvalue weighted by molar-refractivity contribution is -0.141. The average Bonchev–Trinajstić information content (AvgIpc) is 3.30. The molecule has 192 valence electrons. The molecule has 1 amide bonds. The molecule has 0 atom stereocenters. The molecule has 3 heterocycles. The molecule has 0 spiro atoms. The molecular formula is C25H22F4N6O2. The molecule has 37 heavy (non-hydrogen) atoms. The molecule has 2 N–H and O–H groups in total. The first-order chi connectivity index (χ1) is 17.7. The van der Waals surface area contributed by atoms with Gasteiger partial charge in [0.1, 0.15) is 5.49 Å². The lowest BCUT2D eigenvalue weighted by atomic mass is 10.1. The molecule has 0 bridgehead atoms. The van der Waals surface area contributed by atoms with Crippen LogP contribution in [0.25, 0.3) is 0 Å². The first kappa shape index (κ1) is 25.6. The number of benzene rings is 1. The van der Waals surface area contributed by atoms with Crippen LogP contribution < -0.4 is 15.5 Å². The van der Waals surface area contributed by atoms with Crippen LogP contribution in [0.1, 0.15) is 32.9 Å². The van der Waals surface area contributed by atoms with Crippen molar-refractivity contribution < 1.29 is 27.1 Å². The number of alkyl halides is 3. The average molecular weight is 514 g/mol. The zero-order valence-corrected chi connectivity index (χ0v) is 19.6. The molecule has 1 aromatic carbocycles. The number of amides is 1. The minimum Gasteiger partial charge on any atom is -0.494 e. The summed E-state index contributed by atoms with van der Waals surface area (Å²) in [6.45, 7) is 0.0170. The number of aromatic nitrogens is 4. The molecule has 0 unspecified atom stereocenters. The van der Waals surface area contributed by atoms with Crippen LogP contribution >= 0.6 is 0 Å². The number of halogens is 4. The van der Waals surface area contributed by atoms with Crippen molar-refractivity contribution in [3.63, 3.8) is 0 Å². The number of pyridine rings is 2. The fourth-order valence-electron chi connectivity index (χ4n) is 3.63. The zero-order chi connectivity index (χ0) is 26.6. The third kappa shape index (κ3) is 6.02. The van der Waals surface area contributed by atoms with E-state index >= 15 is 0 Å². The van der Waals surface area contributed by atoms with Crippen molar-refractivity contribution in [2.75, 3.05) is 7.11 Å². The van der Waals surface area contributed by atoms with Crippen molar-refractivity contribution in [1.82, 2.24) is 24.6 Å². The Morgan fingerprint density at radius 1 is 1.08 bits per heavy atom. The van der Waals surface area contributed by atoms with Crippen molar-refractivity contribution in [3.8, 4) is 5.75 Å². The van der Waals surface area contributed by atoms with Crippen molar-refractivity contribution in [2.45, 2.75) is 25.8 Å². The fraction of sp³-hybridized carbons (Fsp3) is 0.200. The van der Waals surface area contributed by atoms with E-state index < -0.39 is 35.7 Å². The molecule has 4 rings (SSSR count). The summed E-state index contributed by atoms with van der Waals surface area (Å²) < 4.78 is 62.7. The lowest BCUT2D eigenvalue weighted by Crippen LogP contribution is -2.26. The van der Waals surface area contributed by atoms with Crippen LogP contribution in [0, 0.1) is 11.2 Å². The van der Waals surface area contributed by atoms with Crippen molar-refractivity contribution >= 4 is 5.91 Å². The Morgan fingerprint density at radius 2 is 1.78 bits per heavy atom. The number of hydrogen-bond donors (Lipinski definition) is 2. The highest BCUT2D eigenvalue weighted by Crippen LogP contribution is 2.31. The summed E-state index contributed by atoms with van der Waals surface area (Å²) in [5, 5.41) is 13.8. The predicted molar refractivity (Wildman–Crippen MR) is 124 cm³/mol. The Morgan fingerprint density at radius 3 is 2.43 bits per heavy atom. The molecular weight excluding hydrogens is 492 g/mol. The van der Waals surface area contributed by atoms with Crippen LogP contribution in [-0.2, 0) is 25.8 Å². The third-order valence-corrected chi connectivity index (χ3v) is 5.50. The third-order valence-electron chi connectivity index (χ3n) is 5.50. The number of rotatable bonds is 8. The van der Waals surface area contributed by atoms with Gasteiger partial charge in [-0.25, -0.2) is 4.39 Å². The van der Waals surface area contributed by atoms with Gasteiger partial charge in [0.2, 0.25) is 0 Å². The van der Waals surface area contributed by atoms with Gasteiger partial charge in [-0.2, -0.15) is 18.3 Å². The van der Waals surface area contributed by atoms with Crippen molar-refractivity contribution in [3.05, 3.63) is 107 Å². The lowest BCUT2D eigenvalue weighted by Gasteiger charge is -2.09. The van der Waals surface area contributed by atoms with Crippen molar-refractivity contribution in [1.29, 1.82) is 5.41 Å². The van der Waals surface area contributed by atoms with Crippen molar-refractivity contribution in [2.24, 2.45) is 0 Å². The largest absolute Gasteiger partial charge is 0.494 e. The van der Waals surface area contributed by atoms with Gasteiger partial charge >= 0.3 is 6.18 Å². The molecule has 12 heteroatoms. The Labute approximate surface area is 208 Å². The van der Waals surface area contributed by atoms with Crippen LogP contribution in [0.5, 0.6) is 5.75 Å². The normalized spacial score (nSPS) is 11.4. The summed E-state index contributed by atoms with van der Waals surface area (Å²) >= 11 is 0. The number of ether oxygens (including phenoxy) is 1. The van der Waals surface area contributed by atoms with Crippen LogP contribution in [0.15, 0.2) is 67.1 Å². The van der Waals surface area contributed by atoms with Gasteiger partial charge < -0.3 is 14.6 Å². The highest BCUT2D eigenvalue weighted by molar-refractivity contribution is 5.95. The van der Waals surface area contributed by atoms with Crippen LogP contribution in [0.3, 0.4) is 0 Å². The number of nitrogens with one attached hydrogen (secondary N) is 2. The van der Waals surface area contributed by atoms with Gasteiger partial charge in [-0.1, -0.05) is 30.3 Å². The van der Waals surface area contributed by atoms with E-state index in [0.717, 1.165) is 16.4 Å². The van der Waals surface area contributed by atoms with E-state index in [1.165, 1.54) is 19.4 Å². The Hall–Kier alpha value is -4.48. The molecule has 4 aromatic rings. The van der Waals surface area contributed by atoms with Gasteiger partial charge in [0.15, 0.2) is 17.3 Å². The van der Waals surface area contributed by atoms with Gasteiger partial charge in [-0.15, -0.1) is 0 Å². The Kier molecular flexibility index (Phi) is 7.37. The molecule has 0 saturated heterocycles. The first-order valence-electron chi connectivity index (χ1n) is 11.0. The maximum absolute atomic E-state index is 14.3. The molecule has 0 aliphatic carbocycles. The van der Waals surface area contributed by atoms with E-state index in [1.807, 2.05) is 18.2 Å². The maximum Gasteiger partial charge on any atom is 0.435 e. The standard InChI is InChI=1S/C25H22F4N6O2/c1-37-20-9-10-31-19(22(20)26)12-32-24(36)18-15-35(33-23(18)25(27,28)29)14-17-7-5-16(6-8-17)13-34-11-3-2-4-21(34)30/h2-11,15,30H,12-14H2,1H3,(H,32,36). The van der Waals surface area contributed by atoms with Crippen LogP contribution in [0.4, 0.5) is 17.6 Å². The van der Waals surface area contributed by atoms with E-state index in [4.69, 9.17) is 10.1 Å². The van der Waals surface area contributed by atoms with Gasteiger partial charge in [0.05, 0.1) is 31.5 Å². The number of carbonyl (C=O) groups is 1. The maximum atomic E-state index is 14.3. The molecule has 3 aromatic heterocycles. The van der Waals surface area contributed by atoms with E-state index in [9.17, 15) is 22.4 Å². The molecule has 0 fully saturated rings. The second-order valence-electron chi connectivity index (χ2n) is 8.07. The first-order valence-corrected chi connectivity index (χ1v) is 11.0.